The van der Waals surface area contributed by atoms with Crippen LogP contribution in [0.3, 0.4) is 0 Å². The molecule has 1 aromatic rings. The lowest BCUT2D eigenvalue weighted by Gasteiger charge is -2.15. The molecule has 1 atom stereocenters. The molecule has 0 amide bonds. The van der Waals surface area contributed by atoms with Crippen LogP contribution >= 0.6 is 11.6 Å². The summed E-state index contributed by atoms with van der Waals surface area (Å²) in [6.07, 6.45) is 3.25. The predicted octanol–water partition coefficient (Wildman–Crippen LogP) is 4.54. The maximum Gasteiger partial charge on any atom is 0.179 e. The fourth-order valence-electron chi connectivity index (χ4n) is 2.02. The summed E-state index contributed by atoms with van der Waals surface area (Å²) in [5.74, 6) is 1.27. The van der Waals surface area contributed by atoms with Crippen molar-refractivity contribution in [1.82, 2.24) is 5.32 Å². The van der Waals surface area contributed by atoms with Crippen LogP contribution in [-0.2, 0) is 0 Å². The minimum Gasteiger partial charge on any atom is -0.493 e. The minimum atomic E-state index is 0.335. The average Bonchev–Trinajstić information content (AvgIpc) is 2.47. The summed E-state index contributed by atoms with van der Waals surface area (Å²) in [7, 11) is 1.62. The van der Waals surface area contributed by atoms with Gasteiger partial charge in [0.25, 0.3) is 0 Å². The van der Waals surface area contributed by atoms with Gasteiger partial charge in [-0.2, -0.15) is 0 Å². The molecule has 0 spiro atoms. The third kappa shape index (κ3) is 5.25. The number of methoxy groups -OCH3 is 1. The zero-order valence-corrected chi connectivity index (χ0v) is 14.4. The molecule has 0 aromatic heterocycles. The van der Waals surface area contributed by atoms with Crippen molar-refractivity contribution in [2.75, 3.05) is 20.3 Å². The monoisotopic (exact) mass is 311 g/mol. The second-order valence-corrected chi connectivity index (χ2v) is 5.44. The van der Waals surface area contributed by atoms with Crippen molar-refractivity contribution in [1.29, 1.82) is 0 Å². The van der Waals surface area contributed by atoms with E-state index >= 15 is 0 Å². The highest BCUT2D eigenvalue weighted by Gasteiger charge is 2.11. The van der Waals surface area contributed by atoms with E-state index in [1.54, 1.807) is 7.11 Å². The minimum absolute atomic E-state index is 0.335. The molecule has 1 N–H and O–H groups in total. The van der Waals surface area contributed by atoms with Crippen molar-refractivity contribution < 1.29 is 9.47 Å². The number of hydrogen-bond acceptors (Lipinski definition) is 3. The van der Waals surface area contributed by atoms with Gasteiger partial charge < -0.3 is 14.8 Å². The number of rotatable bonds is 8. The highest BCUT2D eigenvalue weighted by molar-refractivity contribution is 6.32. The lowest BCUT2D eigenvalue weighted by atomic mass is 10.1. The molecule has 21 heavy (non-hydrogen) atoms. The predicted molar refractivity (Wildman–Crippen MR) is 90.6 cm³/mol. The Morgan fingerprint density at radius 3 is 2.67 bits per heavy atom. The van der Waals surface area contributed by atoms with Gasteiger partial charge in [-0.1, -0.05) is 30.2 Å². The summed E-state index contributed by atoms with van der Waals surface area (Å²) in [6.45, 7) is 9.94. The SMILES string of the molecule is CCCNC(C)/C(C)=C/c1cc(Cl)c(OCC)c(OC)c1. The van der Waals surface area contributed by atoms with E-state index in [2.05, 4.69) is 32.2 Å². The smallest absolute Gasteiger partial charge is 0.179 e. The van der Waals surface area contributed by atoms with Gasteiger partial charge in [-0.15, -0.1) is 0 Å². The van der Waals surface area contributed by atoms with Gasteiger partial charge in [-0.05, 0) is 51.4 Å². The van der Waals surface area contributed by atoms with Gasteiger partial charge in [-0.25, -0.2) is 0 Å². The normalized spacial score (nSPS) is 13.1. The van der Waals surface area contributed by atoms with E-state index in [4.69, 9.17) is 21.1 Å². The molecular formula is C17H26ClNO2. The second kappa shape index (κ2) is 8.96. The van der Waals surface area contributed by atoms with Crippen molar-refractivity contribution in [2.24, 2.45) is 0 Å². The standard InChI is InChI=1S/C17H26ClNO2/c1-6-8-19-13(4)12(3)9-14-10-15(18)17(21-7-2)16(11-14)20-5/h9-11,13,19H,6-8H2,1-5H3/b12-9+. The summed E-state index contributed by atoms with van der Waals surface area (Å²) in [4.78, 5) is 0. The van der Waals surface area contributed by atoms with E-state index in [0.717, 1.165) is 18.5 Å². The van der Waals surface area contributed by atoms with Gasteiger partial charge in [0, 0.05) is 6.04 Å². The molecule has 3 nitrogen and oxygen atoms in total. The van der Waals surface area contributed by atoms with Crippen molar-refractivity contribution >= 4 is 17.7 Å². The van der Waals surface area contributed by atoms with Crippen LogP contribution in [0.15, 0.2) is 17.7 Å². The molecule has 0 aliphatic rings. The highest BCUT2D eigenvalue weighted by Crippen LogP contribution is 2.37. The molecule has 4 heteroatoms. The van der Waals surface area contributed by atoms with Gasteiger partial charge in [0.2, 0.25) is 0 Å². The van der Waals surface area contributed by atoms with E-state index in [0.29, 0.717) is 29.2 Å². The van der Waals surface area contributed by atoms with Gasteiger partial charge in [0.05, 0.1) is 18.7 Å². The molecule has 0 saturated heterocycles. The van der Waals surface area contributed by atoms with Crippen molar-refractivity contribution in [2.45, 2.75) is 40.2 Å². The highest BCUT2D eigenvalue weighted by atomic mass is 35.5. The number of halogens is 1. The Morgan fingerprint density at radius 2 is 2.10 bits per heavy atom. The summed E-state index contributed by atoms with van der Waals surface area (Å²) in [5.41, 5.74) is 2.27. The lowest BCUT2D eigenvalue weighted by Crippen LogP contribution is -2.27. The van der Waals surface area contributed by atoms with Crippen LogP contribution in [-0.4, -0.2) is 26.3 Å². The summed E-state index contributed by atoms with van der Waals surface area (Å²) in [5, 5.41) is 4.04. The topological polar surface area (TPSA) is 30.5 Å². The Labute approximate surface area is 133 Å². The molecule has 1 unspecified atom stereocenters. The average molecular weight is 312 g/mol. The third-order valence-corrected chi connectivity index (χ3v) is 3.60. The number of nitrogens with one attached hydrogen (secondary N) is 1. The summed E-state index contributed by atoms with van der Waals surface area (Å²) in [6, 6.07) is 4.19. The van der Waals surface area contributed by atoms with Crippen LogP contribution in [0.2, 0.25) is 5.02 Å². The van der Waals surface area contributed by atoms with E-state index in [-0.39, 0.29) is 0 Å². The first-order valence-electron chi connectivity index (χ1n) is 7.45. The molecular weight excluding hydrogens is 286 g/mol. The number of ether oxygens (including phenoxy) is 2. The Balaban J connectivity index is 3.00. The molecule has 0 heterocycles. The van der Waals surface area contributed by atoms with Crippen LogP contribution in [0.5, 0.6) is 11.5 Å². The van der Waals surface area contributed by atoms with E-state index < -0.39 is 0 Å². The largest absolute Gasteiger partial charge is 0.493 e. The van der Waals surface area contributed by atoms with Crippen LogP contribution in [0, 0.1) is 0 Å². The molecule has 0 radical (unpaired) electrons. The molecule has 118 valence electrons. The molecule has 1 rings (SSSR count). The zero-order chi connectivity index (χ0) is 15.8. The van der Waals surface area contributed by atoms with Crippen molar-refractivity contribution in [3.05, 3.63) is 28.3 Å². The third-order valence-electron chi connectivity index (χ3n) is 3.32. The quantitative estimate of drug-likeness (QED) is 0.764. The molecule has 0 saturated carbocycles. The molecule has 0 bridgehead atoms. The van der Waals surface area contributed by atoms with Gasteiger partial charge in [0.1, 0.15) is 0 Å². The number of hydrogen-bond donors (Lipinski definition) is 1. The van der Waals surface area contributed by atoms with Crippen LogP contribution in [0.4, 0.5) is 0 Å². The zero-order valence-electron chi connectivity index (χ0n) is 13.6. The summed E-state index contributed by atoms with van der Waals surface area (Å²) >= 11 is 6.29. The Kier molecular flexibility index (Phi) is 7.62. The van der Waals surface area contributed by atoms with Crippen LogP contribution in [0.1, 0.15) is 39.7 Å². The summed E-state index contributed by atoms with van der Waals surface area (Å²) < 4.78 is 10.9. The molecule has 0 fully saturated rings. The van der Waals surface area contributed by atoms with Crippen LogP contribution in [0.25, 0.3) is 6.08 Å². The Hall–Kier alpha value is -1.19. The van der Waals surface area contributed by atoms with Crippen molar-refractivity contribution in [3.63, 3.8) is 0 Å². The molecule has 0 aliphatic carbocycles. The Morgan fingerprint density at radius 1 is 1.38 bits per heavy atom. The van der Waals surface area contributed by atoms with E-state index in [9.17, 15) is 0 Å². The van der Waals surface area contributed by atoms with Crippen LogP contribution < -0.4 is 14.8 Å². The lowest BCUT2D eigenvalue weighted by molar-refractivity contribution is 0.311. The fraction of sp³-hybridized carbons (Fsp3) is 0.529. The van der Waals surface area contributed by atoms with Gasteiger partial charge >= 0.3 is 0 Å². The first-order valence-corrected chi connectivity index (χ1v) is 7.83. The second-order valence-electron chi connectivity index (χ2n) is 5.03. The first-order chi connectivity index (χ1) is 10.0. The Bertz CT molecular complexity index is 486. The van der Waals surface area contributed by atoms with E-state index in [1.165, 1.54) is 5.57 Å². The number of benzene rings is 1. The fourth-order valence-corrected chi connectivity index (χ4v) is 2.29. The first kappa shape index (κ1) is 17.9. The maximum atomic E-state index is 6.29. The molecule has 0 aliphatic heterocycles. The molecule has 1 aromatic carbocycles. The van der Waals surface area contributed by atoms with Gasteiger partial charge in [0.15, 0.2) is 11.5 Å². The van der Waals surface area contributed by atoms with E-state index in [1.807, 2.05) is 19.1 Å². The van der Waals surface area contributed by atoms with Crippen molar-refractivity contribution in [3.8, 4) is 11.5 Å². The maximum absolute atomic E-state index is 6.29. The van der Waals surface area contributed by atoms with Gasteiger partial charge in [-0.3, -0.25) is 0 Å².